The highest BCUT2D eigenvalue weighted by atomic mass is 16.5. The van der Waals surface area contributed by atoms with Gasteiger partial charge in [-0.15, -0.1) is 0 Å². The Morgan fingerprint density at radius 3 is 3.05 bits per heavy atom. The van der Waals surface area contributed by atoms with Crippen LogP contribution in [0.4, 0.5) is 0 Å². The lowest BCUT2D eigenvalue weighted by Crippen LogP contribution is -2.52. The van der Waals surface area contributed by atoms with Gasteiger partial charge in [0, 0.05) is 18.7 Å². The van der Waals surface area contributed by atoms with Crippen molar-refractivity contribution in [1.82, 2.24) is 4.90 Å². The molecule has 2 unspecified atom stereocenters. The maximum Gasteiger partial charge on any atom is 0.254 e. The van der Waals surface area contributed by atoms with Crippen LogP contribution >= 0.6 is 0 Å². The maximum atomic E-state index is 12.7. The molecule has 0 spiro atoms. The van der Waals surface area contributed by atoms with E-state index in [0.29, 0.717) is 31.9 Å². The average Bonchev–Trinajstić information content (AvgIpc) is 2.53. The van der Waals surface area contributed by atoms with Crippen LogP contribution in [0.2, 0.25) is 0 Å². The number of amides is 1. The summed E-state index contributed by atoms with van der Waals surface area (Å²) in [5.41, 5.74) is 6.29. The Bertz CT molecular complexity index is 478. The highest BCUT2D eigenvalue weighted by Gasteiger charge is 2.29. The van der Waals surface area contributed by atoms with Gasteiger partial charge >= 0.3 is 0 Å². The molecule has 116 valence electrons. The number of benzene rings is 1. The summed E-state index contributed by atoms with van der Waals surface area (Å²) < 4.78 is 11.2. The molecule has 5 heteroatoms. The molecular formula is C16H24N2O3. The molecule has 1 aromatic rings. The average molecular weight is 292 g/mol. The standard InChI is InChI=1S/C16H24N2O3/c1-3-7-20-14-6-4-5-13(8-14)16(19)18-10-15(9-17)21-11-12(18)2/h4-6,8,12,15H,3,7,9-11,17H2,1-2H3. The summed E-state index contributed by atoms with van der Waals surface area (Å²) in [5, 5.41) is 0. The van der Waals surface area contributed by atoms with E-state index in [2.05, 4.69) is 6.92 Å². The van der Waals surface area contributed by atoms with E-state index in [1.807, 2.05) is 30.0 Å². The van der Waals surface area contributed by atoms with E-state index < -0.39 is 0 Å². The number of morpholine rings is 1. The summed E-state index contributed by atoms with van der Waals surface area (Å²) in [5.74, 6) is 0.741. The molecule has 1 aliphatic heterocycles. The molecule has 0 aliphatic carbocycles. The number of carbonyl (C=O) groups is 1. The minimum absolute atomic E-state index is 0.00574. The fraction of sp³-hybridized carbons (Fsp3) is 0.562. The molecule has 1 aliphatic rings. The molecule has 0 radical (unpaired) electrons. The zero-order valence-corrected chi connectivity index (χ0v) is 12.7. The number of carbonyl (C=O) groups excluding carboxylic acids is 1. The Kier molecular flexibility index (Phi) is 5.59. The molecular weight excluding hydrogens is 268 g/mol. The quantitative estimate of drug-likeness (QED) is 0.896. The van der Waals surface area contributed by atoms with Crippen molar-refractivity contribution in [1.29, 1.82) is 0 Å². The molecule has 0 saturated carbocycles. The molecule has 1 heterocycles. The van der Waals surface area contributed by atoms with Gasteiger partial charge in [0.25, 0.3) is 5.91 Å². The van der Waals surface area contributed by atoms with Gasteiger partial charge in [-0.05, 0) is 31.5 Å². The fourth-order valence-electron chi connectivity index (χ4n) is 2.35. The van der Waals surface area contributed by atoms with E-state index in [1.54, 1.807) is 6.07 Å². The van der Waals surface area contributed by atoms with E-state index in [4.69, 9.17) is 15.2 Å². The smallest absolute Gasteiger partial charge is 0.254 e. The van der Waals surface area contributed by atoms with E-state index in [-0.39, 0.29) is 18.1 Å². The normalized spacial score (nSPS) is 22.1. The topological polar surface area (TPSA) is 64.8 Å². The van der Waals surface area contributed by atoms with Crippen molar-refractivity contribution in [2.24, 2.45) is 5.73 Å². The third-order valence-corrected chi connectivity index (χ3v) is 3.58. The Labute approximate surface area is 126 Å². The molecule has 2 N–H and O–H groups in total. The van der Waals surface area contributed by atoms with Crippen LogP contribution < -0.4 is 10.5 Å². The Hall–Kier alpha value is -1.59. The van der Waals surface area contributed by atoms with Gasteiger partial charge in [0.15, 0.2) is 0 Å². The highest BCUT2D eigenvalue weighted by molar-refractivity contribution is 5.94. The lowest BCUT2D eigenvalue weighted by molar-refractivity contribution is -0.0426. The van der Waals surface area contributed by atoms with Gasteiger partial charge in [-0.1, -0.05) is 13.0 Å². The van der Waals surface area contributed by atoms with Gasteiger partial charge in [-0.25, -0.2) is 0 Å². The second kappa shape index (κ2) is 7.43. The van der Waals surface area contributed by atoms with Crippen LogP contribution in [-0.2, 0) is 4.74 Å². The number of nitrogens with zero attached hydrogens (tertiary/aromatic N) is 1. The van der Waals surface area contributed by atoms with Gasteiger partial charge in [0.1, 0.15) is 5.75 Å². The first-order valence-corrected chi connectivity index (χ1v) is 7.51. The summed E-state index contributed by atoms with van der Waals surface area (Å²) in [6, 6.07) is 7.40. The highest BCUT2D eigenvalue weighted by Crippen LogP contribution is 2.19. The number of nitrogens with two attached hydrogens (primary N) is 1. The maximum absolute atomic E-state index is 12.7. The molecule has 2 rings (SSSR count). The van der Waals surface area contributed by atoms with Crippen molar-refractivity contribution in [3.63, 3.8) is 0 Å². The summed E-state index contributed by atoms with van der Waals surface area (Å²) in [7, 11) is 0. The first-order chi connectivity index (χ1) is 10.2. The first-order valence-electron chi connectivity index (χ1n) is 7.51. The van der Waals surface area contributed by atoms with Gasteiger partial charge < -0.3 is 20.1 Å². The van der Waals surface area contributed by atoms with Crippen LogP contribution in [0.3, 0.4) is 0 Å². The summed E-state index contributed by atoms with van der Waals surface area (Å²) in [6.07, 6.45) is 0.862. The predicted octanol–water partition coefficient (Wildman–Crippen LogP) is 1.66. The number of ether oxygens (including phenoxy) is 2. The second-order valence-electron chi connectivity index (χ2n) is 5.37. The molecule has 1 aromatic carbocycles. The largest absolute Gasteiger partial charge is 0.494 e. The van der Waals surface area contributed by atoms with E-state index in [1.165, 1.54) is 0 Å². The van der Waals surface area contributed by atoms with Gasteiger partial charge in [0.05, 0.1) is 25.4 Å². The van der Waals surface area contributed by atoms with Crippen LogP contribution in [0.15, 0.2) is 24.3 Å². The monoisotopic (exact) mass is 292 g/mol. The first kappa shape index (κ1) is 15.8. The molecule has 1 saturated heterocycles. The van der Waals surface area contributed by atoms with Gasteiger partial charge in [-0.2, -0.15) is 0 Å². The van der Waals surface area contributed by atoms with Crippen molar-refractivity contribution in [3.8, 4) is 5.75 Å². The van der Waals surface area contributed by atoms with Crippen LogP contribution in [0.1, 0.15) is 30.6 Å². The molecule has 21 heavy (non-hydrogen) atoms. The molecule has 1 amide bonds. The molecule has 1 fully saturated rings. The van der Waals surface area contributed by atoms with Crippen LogP contribution in [0.25, 0.3) is 0 Å². The van der Waals surface area contributed by atoms with Gasteiger partial charge in [0.2, 0.25) is 0 Å². The minimum atomic E-state index is -0.0790. The number of hydrogen-bond donors (Lipinski definition) is 1. The van der Waals surface area contributed by atoms with E-state index in [9.17, 15) is 4.79 Å². The lowest BCUT2D eigenvalue weighted by Gasteiger charge is -2.37. The van der Waals surface area contributed by atoms with Crippen LogP contribution in [0, 0.1) is 0 Å². The van der Waals surface area contributed by atoms with E-state index >= 15 is 0 Å². The third kappa shape index (κ3) is 3.95. The third-order valence-electron chi connectivity index (χ3n) is 3.58. The van der Waals surface area contributed by atoms with Crippen molar-refractivity contribution in [2.75, 3.05) is 26.3 Å². The number of hydrogen-bond acceptors (Lipinski definition) is 4. The Morgan fingerprint density at radius 2 is 2.33 bits per heavy atom. The predicted molar refractivity (Wildman–Crippen MR) is 81.5 cm³/mol. The molecule has 2 atom stereocenters. The Balaban J connectivity index is 2.11. The lowest BCUT2D eigenvalue weighted by atomic mass is 10.1. The van der Waals surface area contributed by atoms with Crippen molar-refractivity contribution >= 4 is 5.91 Å². The van der Waals surface area contributed by atoms with Gasteiger partial charge in [-0.3, -0.25) is 4.79 Å². The molecule has 0 aromatic heterocycles. The molecule has 5 nitrogen and oxygen atoms in total. The van der Waals surface area contributed by atoms with Crippen LogP contribution in [0.5, 0.6) is 5.75 Å². The Morgan fingerprint density at radius 1 is 1.52 bits per heavy atom. The van der Waals surface area contributed by atoms with Crippen molar-refractivity contribution < 1.29 is 14.3 Å². The second-order valence-corrected chi connectivity index (χ2v) is 5.37. The summed E-state index contributed by atoms with van der Waals surface area (Å²) in [6.45, 7) is 6.19. The zero-order chi connectivity index (χ0) is 15.2. The minimum Gasteiger partial charge on any atom is -0.494 e. The van der Waals surface area contributed by atoms with Crippen molar-refractivity contribution in [3.05, 3.63) is 29.8 Å². The van der Waals surface area contributed by atoms with Crippen LogP contribution in [-0.4, -0.2) is 49.3 Å². The summed E-state index contributed by atoms with van der Waals surface area (Å²) in [4.78, 5) is 14.5. The number of rotatable bonds is 5. The molecule has 0 bridgehead atoms. The zero-order valence-electron chi connectivity index (χ0n) is 12.7. The fourth-order valence-corrected chi connectivity index (χ4v) is 2.35. The van der Waals surface area contributed by atoms with E-state index in [0.717, 1.165) is 12.2 Å². The summed E-state index contributed by atoms with van der Waals surface area (Å²) >= 11 is 0. The van der Waals surface area contributed by atoms with Crippen molar-refractivity contribution in [2.45, 2.75) is 32.4 Å². The SMILES string of the molecule is CCCOc1cccc(C(=O)N2CC(CN)OCC2C)c1.